The summed E-state index contributed by atoms with van der Waals surface area (Å²) in [7, 11) is 3.71. The number of aryl methyl sites for hydroxylation is 1. The van der Waals surface area contributed by atoms with E-state index >= 15 is 0 Å². The van der Waals surface area contributed by atoms with Gasteiger partial charge in [0.05, 0.1) is 44.6 Å². The van der Waals surface area contributed by atoms with Gasteiger partial charge in [-0.15, -0.1) is 0 Å². The van der Waals surface area contributed by atoms with Gasteiger partial charge in [-0.25, -0.2) is 4.99 Å². The second-order valence-electron chi connectivity index (χ2n) is 9.14. The minimum atomic E-state index is -0.127. The molecule has 0 radical (unpaired) electrons. The maximum Gasteiger partial charge on any atom is 0.124 e. The number of hydrogen-bond donors (Lipinski definition) is 0. The van der Waals surface area contributed by atoms with Crippen LogP contribution in [0, 0.1) is 12.3 Å². The highest BCUT2D eigenvalue weighted by Gasteiger charge is 2.22. The fraction of sp³-hybridized carbons (Fsp3) is 0.696. The molecule has 28 heavy (non-hydrogen) atoms. The van der Waals surface area contributed by atoms with E-state index in [4.69, 9.17) is 14.2 Å². The predicted octanol–water partition coefficient (Wildman–Crippen LogP) is 5.02. The molecule has 1 aromatic carbocycles. The molecule has 0 fully saturated rings. The first-order valence-electron chi connectivity index (χ1n) is 10.1. The first-order valence-corrected chi connectivity index (χ1v) is 10.1. The van der Waals surface area contributed by atoms with Crippen molar-refractivity contribution in [2.75, 3.05) is 40.5 Å². The maximum atomic E-state index is 5.96. The van der Waals surface area contributed by atoms with Crippen molar-refractivity contribution in [3.8, 4) is 5.75 Å². The Bertz CT molecular complexity index is 633. The van der Waals surface area contributed by atoms with Gasteiger partial charge in [0.25, 0.3) is 0 Å². The molecular weight excluding hydrogens is 352 g/mol. The average molecular weight is 393 g/mol. The molecule has 0 N–H and O–H groups in total. The van der Waals surface area contributed by atoms with E-state index in [2.05, 4.69) is 59.5 Å². The summed E-state index contributed by atoms with van der Waals surface area (Å²) in [5, 5.41) is 0. The van der Waals surface area contributed by atoms with Crippen molar-refractivity contribution in [1.82, 2.24) is 4.90 Å². The lowest BCUT2D eigenvalue weighted by Gasteiger charge is -2.29. The Hall–Kier alpha value is -1.59. The lowest BCUT2D eigenvalue weighted by atomic mass is 9.96. The van der Waals surface area contributed by atoms with Crippen LogP contribution in [-0.4, -0.2) is 57.4 Å². The fourth-order valence-corrected chi connectivity index (χ4v) is 2.49. The Labute approximate surface area is 172 Å². The number of rotatable bonds is 11. The van der Waals surface area contributed by atoms with E-state index in [0.717, 1.165) is 35.5 Å². The first kappa shape index (κ1) is 24.4. The van der Waals surface area contributed by atoms with Gasteiger partial charge in [-0.2, -0.15) is 0 Å². The monoisotopic (exact) mass is 392 g/mol. The third-order valence-corrected chi connectivity index (χ3v) is 4.40. The molecule has 5 nitrogen and oxygen atoms in total. The Morgan fingerprint density at radius 2 is 1.79 bits per heavy atom. The van der Waals surface area contributed by atoms with Crippen molar-refractivity contribution in [2.24, 2.45) is 10.4 Å². The number of methoxy groups -OCH3 is 1. The highest BCUT2D eigenvalue weighted by molar-refractivity contribution is 5.64. The van der Waals surface area contributed by atoms with Crippen LogP contribution in [0.25, 0.3) is 0 Å². The standard InChI is InChI=1S/C23H40N2O3/c1-10-25(8)17-24-20-14-21(26-9)19(13-18(20)2)11-12-27-15-23(6,7)16-28-22(3,4)5/h13-14,17H,10-12,15-16H2,1-9H3/b24-17+. The molecule has 5 heteroatoms. The van der Waals surface area contributed by atoms with Crippen molar-refractivity contribution in [3.63, 3.8) is 0 Å². The molecule has 0 spiro atoms. The van der Waals surface area contributed by atoms with Crippen molar-refractivity contribution in [1.29, 1.82) is 0 Å². The van der Waals surface area contributed by atoms with Gasteiger partial charge in [-0.3, -0.25) is 0 Å². The zero-order valence-electron chi connectivity index (χ0n) is 19.4. The summed E-state index contributed by atoms with van der Waals surface area (Å²) >= 11 is 0. The Kier molecular flexibility index (Phi) is 9.45. The number of benzene rings is 1. The normalized spacial score (nSPS) is 12.6. The molecule has 0 saturated heterocycles. The first-order chi connectivity index (χ1) is 13.0. The van der Waals surface area contributed by atoms with Crippen molar-refractivity contribution in [3.05, 3.63) is 23.3 Å². The van der Waals surface area contributed by atoms with Gasteiger partial charge in [0.1, 0.15) is 5.75 Å². The van der Waals surface area contributed by atoms with Crippen molar-refractivity contribution >= 4 is 12.0 Å². The lowest BCUT2D eigenvalue weighted by Crippen LogP contribution is -2.31. The number of aliphatic imine (C=N–C) groups is 1. The van der Waals surface area contributed by atoms with E-state index in [-0.39, 0.29) is 11.0 Å². The summed E-state index contributed by atoms with van der Waals surface area (Å²) in [6, 6.07) is 4.15. The van der Waals surface area contributed by atoms with Crippen molar-refractivity contribution in [2.45, 2.75) is 60.5 Å². The molecule has 0 aliphatic heterocycles. The number of nitrogens with zero attached hydrogens (tertiary/aromatic N) is 2. The third-order valence-electron chi connectivity index (χ3n) is 4.40. The van der Waals surface area contributed by atoms with E-state index < -0.39 is 0 Å². The van der Waals surface area contributed by atoms with E-state index in [1.165, 1.54) is 0 Å². The van der Waals surface area contributed by atoms with Crippen LogP contribution in [0.4, 0.5) is 5.69 Å². The second kappa shape index (κ2) is 10.8. The van der Waals surface area contributed by atoms with Crippen LogP contribution in [0.15, 0.2) is 17.1 Å². The van der Waals surface area contributed by atoms with Crippen LogP contribution in [0.2, 0.25) is 0 Å². The molecule has 0 amide bonds. The van der Waals surface area contributed by atoms with Crippen molar-refractivity contribution < 1.29 is 14.2 Å². The highest BCUT2D eigenvalue weighted by Crippen LogP contribution is 2.29. The molecule has 0 bridgehead atoms. The molecule has 1 rings (SSSR count). The summed E-state index contributed by atoms with van der Waals surface area (Å²) in [5.41, 5.74) is 3.07. The molecule has 0 saturated carbocycles. The molecule has 0 heterocycles. The van der Waals surface area contributed by atoms with Gasteiger partial charge in [0.15, 0.2) is 0 Å². The molecule has 0 aliphatic rings. The molecule has 160 valence electrons. The Morgan fingerprint density at radius 1 is 1.11 bits per heavy atom. The van der Waals surface area contributed by atoms with E-state index in [0.29, 0.717) is 19.8 Å². The lowest BCUT2D eigenvalue weighted by molar-refractivity contribution is -0.0664. The zero-order chi connectivity index (χ0) is 21.4. The third kappa shape index (κ3) is 9.07. The van der Waals surface area contributed by atoms with Crippen LogP contribution in [-0.2, 0) is 15.9 Å². The molecule has 0 aliphatic carbocycles. The second-order valence-corrected chi connectivity index (χ2v) is 9.14. The predicted molar refractivity (Wildman–Crippen MR) is 118 cm³/mol. The summed E-state index contributed by atoms with van der Waals surface area (Å²) in [6.07, 6.45) is 2.66. The molecular formula is C23H40N2O3. The minimum absolute atomic E-state index is 0.0167. The summed E-state index contributed by atoms with van der Waals surface area (Å²) in [5.74, 6) is 0.857. The highest BCUT2D eigenvalue weighted by atomic mass is 16.5. The van der Waals surface area contributed by atoms with Gasteiger partial charge in [-0.05, 0) is 52.2 Å². The smallest absolute Gasteiger partial charge is 0.124 e. The number of ether oxygens (including phenoxy) is 3. The van der Waals surface area contributed by atoms with Gasteiger partial charge >= 0.3 is 0 Å². The SMILES string of the molecule is CCN(C)/C=N/c1cc(OC)c(CCOCC(C)(C)COC(C)(C)C)cc1C. The Morgan fingerprint density at radius 3 is 2.36 bits per heavy atom. The van der Waals surface area contributed by atoms with E-state index in [9.17, 15) is 0 Å². The topological polar surface area (TPSA) is 43.3 Å². The zero-order valence-corrected chi connectivity index (χ0v) is 19.4. The summed E-state index contributed by atoms with van der Waals surface area (Å²) < 4.78 is 17.4. The van der Waals surface area contributed by atoms with Crippen LogP contribution >= 0.6 is 0 Å². The quantitative estimate of drug-likeness (QED) is 0.301. The van der Waals surface area contributed by atoms with E-state index in [1.54, 1.807) is 7.11 Å². The molecule has 1 aromatic rings. The van der Waals surface area contributed by atoms with Crippen LogP contribution in [0.3, 0.4) is 0 Å². The van der Waals surface area contributed by atoms with Gasteiger partial charge < -0.3 is 19.1 Å². The van der Waals surface area contributed by atoms with Gasteiger partial charge in [0, 0.05) is 25.1 Å². The summed E-state index contributed by atoms with van der Waals surface area (Å²) in [6.45, 7) is 17.7. The minimum Gasteiger partial charge on any atom is -0.496 e. The fourth-order valence-electron chi connectivity index (χ4n) is 2.49. The van der Waals surface area contributed by atoms with Gasteiger partial charge in [-0.1, -0.05) is 19.9 Å². The van der Waals surface area contributed by atoms with Crippen LogP contribution < -0.4 is 4.74 Å². The van der Waals surface area contributed by atoms with Crippen LogP contribution in [0.5, 0.6) is 5.75 Å². The summed E-state index contributed by atoms with van der Waals surface area (Å²) in [4.78, 5) is 6.61. The van der Waals surface area contributed by atoms with Crippen LogP contribution in [0.1, 0.15) is 52.7 Å². The Balaban J connectivity index is 2.64. The van der Waals surface area contributed by atoms with Gasteiger partial charge in [0.2, 0.25) is 0 Å². The molecule has 0 aromatic heterocycles. The molecule has 0 unspecified atom stereocenters. The number of hydrogen-bond acceptors (Lipinski definition) is 4. The maximum absolute atomic E-state index is 5.96. The van der Waals surface area contributed by atoms with E-state index in [1.807, 2.05) is 24.4 Å². The largest absolute Gasteiger partial charge is 0.496 e. The molecule has 0 atom stereocenters. The average Bonchev–Trinajstić information content (AvgIpc) is 2.62.